The van der Waals surface area contributed by atoms with Crippen molar-refractivity contribution >= 4 is 33.5 Å². The van der Waals surface area contributed by atoms with Crippen molar-refractivity contribution in [1.82, 2.24) is 9.62 Å². The summed E-state index contributed by atoms with van der Waals surface area (Å²) in [5.74, 6) is -2.08. The minimum atomic E-state index is -3.75. The minimum Gasteiger partial charge on any atom is -0.461 e. The van der Waals surface area contributed by atoms with Crippen molar-refractivity contribution in [1.29, 1.82) is 0 Å². The molecule has 4 rings (SSSR count). The average molecular weight is 520 g/mol. The Hall–Kier alpha value is -3.35. The number of likely N-dealkylation sites (tertiary alicyclic amines) is 1. The van der Waals surface area contributed by atoms with Crippen LogP contribution in [0, 0.1) is 5.82 Å². The van der Waals surface area contributed by atoms with Crippen LogP contribution in [0.4, 0.5) is 10.1 Å². The minimum absolute atomic E-state index is 0.00160. The quantitative estimate of drug-likeness (QED) is 0.532. The maximum absolute atomic E-state index is 13.3. The molecule has 36 heavy (non-hydrogen) atoms. The number of esters is 1. The first-order valence-electron chi connectivity index (χ1n) is 11.4. The molecule has 0 spiro atoms. The Morgan fingerprint density at radius 1 is 1.08 bits per heavy atom. The fourth-order valence-corrected chi connectivity index (χ4v) is 5.46. The second-order valence-corrected chi connectivity index (χ2v) is 10.4. The number of rotatable bonds is 7. The number of nitrogens with zero attached hydrogens (tertiary/aromatic N) is 1. The highest BCUT2D eigenvalue weighted by Crippen LogP contribution is 2.25. The lowest BCUT2D eigenvalue weighted by Crippen LogP contribution is -2.43. The van der Waals surface area contributed by atoms with Gasteiger partial charge in [0.15, 0.2) is 0 Å². The van der Waals surface area contributed by atoms with E-state index in [1.165, 1.54) is 48.2 Å². The van der Waals surface area contributed by atoms with Gasteiger partial charge in [-0.2, -0.15) is 0 Å². The van der Waals surface area contributed by atoms with Crippen LogP contribution in [0.25, 0.3) is 0 Å². The third-order valence-corrected chi connectivity index (χ3v) is 7.47. The SMILES string of the molecule is CC(=O)O[C@H]1C[C@@H](C(=O)Nc2ccc(S(=O)(=O)N[C@@H]3CCOC3)cc2)N(C(=O)c2ccc(F)cc2)C1. The molecule has 192 valence electrons. The molecule has 2 aromatic rings. The van der Waals surface area contributed by atoms with Crippen LogP contribution in [-0.2, 0) is 29.1 Å². The summed E-state index contributed by atoms with van der Waals surface area (Å²) in [5, 5.41) is 2.69. The van der Waals surface area contributed by atoms with Crippen molar-refractivity contribution in [2.75, 3.05) is 25.1 Å². The van der Waals surface area contributed by atoms with Crippen molar-refractivity contribution in [3.8, 4) is 0 Å². The van der Waals surface area contributed by atoms with E-state index in [9.17, 15) is 27.2 Å². The summed E-state index contributed by atoms with van der Waals surface area (Å²) in [4.78, 5) is 38.9. The summed E-state index contributed by atoms with van der Waals surface area (Å²) >= 11 is 0. The van der Waals surface area contributed by atoms with E-state index in [2.05, 4.69) is 10.0 Å². The van der Waals surface area contributed by atoms with Gasteiger partial charge in [-0.1, -0.05) is 0 Å². The smallest absolute Gasteiger partial charge is 0.302 e. The van der Waals surface area contributed by atoms with Gasteiger partial charge in [-0.25, -0.2) is 17.5 Å². The number of amides is 2. The maximum Gasteiger partial charge on any atom is 0.302 e. The third-order valence-electron chi connectivity index (χ3n) is 5.93. The zero-order chi connectivity index (χ0) is 25.9. The predicted molar refractivity (Wildman–Crippen MR) is 126 cm³/mol. The molecule has 2 amide bonds. The van der Waals surface area contributed by atoms with Crippen molar-refractivity contribution in [3.63, 3.8) is 0 Å². The summed E-state index contributed by atoms with van der Waals surface area (Å²) in [5.41, 5.74) is 0.515. The molecule has 2 aliphatic heterocycles. The summed E-state index contributed by atoms with van der Waals surface area (Å²) in [6.45, 7) is 2.06. The zero-order valence-corrected chi connectivity index (χ0v) is 20.3. The Morgan fingerprint density at radius 2 is 1.78 bits per heavy atom. The highest BCUT2D eigenvalue weighted by atomic mass is 32.2. The standard InChI is InChI=1S/C24H26FN3O7S/c1-15(29)35-20-12-22(28(13-20)24(31)16-2-4-17(25)5-3-16)23(30)26-18-6-8-21(9-7-18)36(32,33)27-19-10-11-34-14-19/h2-9,19-20,22,27H,10-14H2,1H3,(H,26,30)/t19-,20+,22+/m1/s1. The molecular weight excluding hydrogens is 493 g/mol. The van der Waals surface area contributed by atoms with E-state index in [4.69, 9.17) is 9.47 Å². The fourth-order valence-electron chi connectivity index (χ4n) is 4.21. The summed E-state index contributed by atoms with van der Waals surface area (Å²) in [6.07, 6.45) is -0.00478. The van der Waals surface area contributed by atoms with E-state index in [1.54, 1.807) is 0 Å². The lowest BCUT2D eigenvalue weighted by molar-refractivity contribution is -0.145. The number of benzene rings is 2. The molecule has 0 radical (unpaired) electrons. The lowest BCUT2D eigenvalue weighted by atomic mass is 10.1. The molecule has 2 fully saturated rings. The van der Waals surface area contributed by atoms with Crippen LogP contribution >= 0.6 is 0 Å². The van der Waals surface area contributed by atoms with Crippen molar-refractivity contribution in [3.05, 3.63) is 59.9 Å². The van der Waals surface area contributed by atoms with Gasteiger partial charge in [0.05, 0.1) is 18.0 Å². The molecule has 2 aliphatic rings. The van der Waals surface area contributed by atoms with E-state index in [1.807, 2.05) is 0 Å². The molecule has 2 N–H and O–H groups in total. The van der Waals surface area contributed by atoms with Crippen LogP contribution in [-0.4, -0.2) is 69.0 Å². The third kappa shape index (κ3) is 6.07. The van der Waals surface area contributed by atoms with Gasteiger partial charge in [-0.15, -0.1) is 0 Å². The average Bonchev–Trinajstić information content (AvgIpc) is 3.49. The Bertz CT molecular complexity index is 1230. The van der Waals surface area contributed by atoms with Crippen LogP contribution in [0.1, 0.15) is 30.1 Å². The fraction of sp³-hybridized carbons (Fsp3) is 0.375. The molecule has 0 saturated carbocycles. The van der Waals surface area contributed by atoms with E-state index >= 15 is 0 Å². The summed E-state index contributed by atoms with van der Waals surface area (Å²) in [7, 11) is -3.75. The first-order chi connectivity index (χ1) is 17.1. The molecule has 0 bridgehead atoms. The monoisotopic (exact) mass is 519 g/mol. The zero-order valence-electron chi connectivity index (χ0n) is 19.5. The van der Waals surface area contributed by atoms with Crippen LogP contribution in [0.5, 0.6) is 0 Å². The predicted octanol–water partition coefficient (Wildman–Crippen LogP) is 1.68. The van der Waals surface area contributed by atoms with Gasteiger partial charge in [0.25, 0.3) is 5.91 Å². The van der Waals surface area contributed by atoms with Gasteiger partial charge in [-0.3, -0.25) is 14.4 Å². The van der Waals surface area contributed by atoms with Crippen LogP contribution in [0.15, 0.2) is 53.4 Å². The topological polar surface area (TPSA) is 131 Å². The van der Waals surface area contributed by atoms with Crippen molar-refractivity contribution < 1.29 is 36.7 Å². The maximum atomic E-state index is 13.3. The molecule has 10 nitrogen and oxygen atoms in total. The molecule has 0 aliphatic carbocycles. The summed E-state index contributed by atoms with van der Waals surface area (Å²) < 4.78 is 51.4. The second kappa shape index (κ2) is 10.7. The van der Waals surface area contributed by atoms with Crippen molar-refractivity contribution in [2.24, 2.45) is 0 Å². The number of nitrogens with one attached hydrogen (secondary N) is 2. The highest BCUT2D eigenvalue weighted by molar-refractivity contribution is 7.89. The van der Waals surface area contributed by atoms with Crippen LogP contribution in [0.3, 0.4) is 0 Å². The van der Waals surface area contributed by atoms with Crippen LogP contribution in [0.2, 0.25) is 0 Å². The Kier molecular flexibility index (Phi) is 7.67. The number of halogens is 1. The van der Waals surface area contributed by atoms with Crippen LogP contribution < -0.4 is 10.0 Å². The first-order valence-corrected chi connectivity index (χ1v) is 12.9. The van der Waals surface area contributed by atoms with Gasteiger partial charge in [-0.05, 0) is 55.0 Å². The van der Waals surface area contributed by atoms with E-state index < -0.39 is 45.8 Å². The summed E-state index contributed by atoms with van der Waals surface area (Å²) in [6, 6.07) is 9.30. The number of hydrogen-bond donors (Lipinski definition) is 2. The largest absolute Gasteiger partial charge is 0.461 e. The molecule has 0 aromatic heterocycles. The van der Waals surface area contributed by atoms with Gasteiger partial charge in [0.2, 0.25) is 15.9 Å². The second-order valence-electron chi connectivity index (χ2n) is 8.64. The number of carbonyl (C=O) groups is 3. The Balaban J connectivity index is 1.47. The Morgan fingerprint density at radius 3 is 2.39 bits per heavy atom. The van der Waals surface area contributed by atoms with Gasteiger partial charge < -0.3 is 19.7 Å². The number of hydrogen-bond acceptors (Lipinski definition) is 7. The van der Waals surface area contributed by atoms with Gasteiger partial charge >= 0.3 is 5.97 Å². The van der Waals surface area contributed by atoms with Gasteiger partial charge in [0.1, 0.15) is 18.0 Å². The van der Waals surface area contributed by atoms with Gasteiger partial charge in [0, 0.05) is 37.2 Å². The molecule has 0 unspecified atom stereocenters. The van der Waals surface area contributed by atoms with Crippen molar-refractivity contribution in [2.45, 2.75) is 42.8 Å². The molecule has 3 atom stereocenters. The molecular formula is C24H26FN3O7S. The molecule has 2 saturated heterocycles. The number of sulfonamides is 1. The number of carbonyl (C=O) groups excluding carboxylic acids is 3. The molecule has 2 heterocycles. The van der Waals surface area contributed by atoms with E-state index in [-0.39, 0.29) is 29.5 Å². The normalized spacial score (nSPS) is 21.8. The van der Waals surface area contributed by atoms with E-state index in [0.717, 1.165) is 12.1 Å². The molecule has 2 aromatic carbocycles. The number of ether oxygens (including phenoxy) is 2. The highest BCUT2D eigenvalue weighted by Gasteiger charge is 2.41. The lowest BCUT2D eigenvalue weighted by Gasteiger charge is -2.23. The Labute approximate surface area is 207 Å². The van der Waals surface area contributed by atoms with E-state index in [0.29, 0.717) is 25.3 Å². The first kappa shape index (κ1) is 25.7. The molecule has 12 heteroatoms. The number of anilines is 1.